The van der Waals surface area contributed by atoms with E-state index in [4.69, 9.17) is 4.52 Å². The van der Waals surface area contributed by atoms with Crippen LogP contribution in [0, 0.1) is 5.41 Å². The van der Waals surface area contributed by atoms with Gasteiger partial charge in [-0.3, -0.25) is 0 Å². The summed E-state index contributed by atoms with van der Waals surface area (Å²) in [6.45, 7) is 14.5. The number of hydrogen-bond acceptors (Lipinski definition) is 3. The Labute approximate surface area is 158 Å². The maximum Gasteiger partial charge on any atom is 0.191 e. The molecule has 0 aromatic carbocycles. The highest BCUT2D eigenvalue weighted by molar-refractivity contribution is 14.0. The molecule has 2 N–H and O–H groups in total. The zero-order chi connectivity index (χ0) is 16.6. The van der Waals surface area contributed by atoms with Crippen molar-refractivity contribution in [3.05, 3.63) is 17.5 Å². The maximum atomic E-state index is 5.27. The molecule has 0 fully saturated rings. The Morgan fingerprint density at radius 2 is 2.04 bits per heavy atom. The van der Waals surface area contributed by atoms with Crippen molar-refractivity contribution in [3.8, 4) is 0 Å². The molecule has 134 valence electrons. The standard InChI is InChI=1S/C17H32N4O.HI/c1-7-14-11-15(22-21-14)12-19-16(18-8-2)20-13(3)9-10-17(4,5)6;/h11,13H,7-10,12H2,1-6H3,(H2,18,19,20);1H. The lowest BCUT2D eigenvalue weighted by molar-refractivity contribution is 0.346. The lowest BCUT2D eigenvalue weighted by Gasteiger charge is -2.23. The van der Waals surface area contributed by atoms with E-state index < -0.39 is 0 Å². The van der Waals surface area contributed by atoms with Crippen LogP contribution in [0.25, 0.3) is 0 Å². The van der Waals surface area contributed by atoms with Crippen LogP contribution in [0.1, 0.15) is 65.8 Å². The van der Waals surface area contributed by atoms with Crippen molar-refractivity contribution in [3.63, 3.8) is 0 Å². The molecule has 5 nitrogen and oxygen atoms in total. The van der Waals surface area contributed by atoms with Crippen molar-refractivity contribution in [1.82, 2.24) is 15.8 Å². The lowest BCUT2D eigenvalue weighted by atomic mass is 9.89. The maximum absolute atomic E-state index is 5.27. The highest BCUT2D eigenvalue weighted by atomic mass is 127. The van der Waals surface area contributed by atoms with Crippen LogP contribution in [-0.2, 0) is 13.0 Å². The average Bonchev–Trinajstić information content (AvgIpc) is 2.90. The highest BCUT2D eigenvalue weighted by Gasteiger charge is 2.13. The van der Waals surface area contributed by atoms with Crippen LogP contribution in [-0.4, -0.2) is 23.7 Å². The third-order valence-electron chi connectivity index (χ3n) is 3.42. The molecule has 1 atom stereocenters. The van der Waals surface area contributed by atoms with Crippen LogP contribution < -0.4 is 10.6 Å². The summed E-state index contributed by atoms with van der Waals surface area (Å²) in [6, 6.07) is 2.36. The third-order valence-corrected chi connectivity index (χ3v) is 3.42. The van der Waals surface area contributed by atoms with Crippen molar-refractivity contribution in [2.75, 3.05) is 6.54 Å². The number of aryl methyl sites for hydroxylation is 1. The van der Waals surface area contributed by atoms with E-state index in [0.717, 1.165) is 36.8 Å². The lowest BCUT2D eigenvalue weighted by Crippen LogP contribution is -2.42. The van der Waals surface area contributed by atoms with Gasteiger partial charge in [0.25, 0.3) is 0 Å². The van der Waals surface area contributed by atoms with Gasteiger partial charge in [0.2, 0.25) is 0 Å². The second kappa shape index (κ2) is 10.9. The van der Waals surface area contributed by atoms with E-state index in [-0.39, 0.29) is 24.0 Å². The van der Waals surface area contributed by atoms with Crippen LogP contribution in [0.15, 0.2) is 15.6 Å². The minimum absolute atomic E-state index is 0. The van der Waals surface area contributed by atoms with Gasteiger partial charge in [-0.05, 0) is 38.5 Å². The molecule has 1 aromatic heterocycles. The zero-order valence-electron chi connectivity index (χ0n) is 15.4. The molecule has 23 heavy (non-hydrogen) atoms. The minimum atomic E-state index is 0. The number of halogens is 1. The van der Waals surface area contributed by atoms with Gasteiger partial charge in [-0.15, -0.1) is 24.0 Å². The first-order valence-electron chi connectivity index (χ1n) is 8.33. The number of rotatable bonds is 7. The second-order valence-electron chi connectivity index (χ2n) is 6.98. The van der Waals surface area contributed by atoms with Gasteiger partial charge in [0.15, 0.2) is 11.7 Å². The number of hydrogen-bond donors (Lipinski definition) is 2. The quantitative estimate of drug-likeness (QED) is 0.384. The van der Waals surface area contributed by atoms with Crippen LogP contribution in [0.2, 0.25) is 0 Å². The Bertz CT molecular complexity index is 465. The van der Waals surface area contributed by atoms with E-state index in [9.17, 15) is 0 Å². The summed E-state index contributed by atoms with van der Waals surface area (Å²) in [5.74, 6) is 1.63. The van der Waals surface area contributed by atoms with Crippen LogP contribution in [0.3, 0.4) is 0 Å². The van der Waals surface area contributed by atoms with E-state index in [1.54, 1.807) is 0 Å². The Kier molecular flexibility index (Phi) is 10.5. The molecule has 1 unspecified atom stereocenters. The fourth-order valence-electron chi connectivity index (χ4n) is 2.03. The number of aromatic nitrogens is 1. The molecule has 1 heterocycles. The van der Waals surface area contributed by atoms with Crippen molar-refractivity contribution >= 4 is 29.9 Å². The first-order valence-corrected chi connectivity index (χ1v) is 8.33. The van der Waals surface area contributed by atoms with Gasteiger partial charge in [0, 0.05) is 18.7 Å². The van der Waals surface area contributed by atoms with E-state index >= 15 is 0 Å². The van der Waals surface area contributed by atoms with Gasteiger partial charge in [-0.1, -0.05) is 32.9 Å². The summed E-state index contributed by atoms with van der Waals surface area (Å²) < 4.78 is 5.27. The molecule has 0 saturated carbocycles. The Balaban J connectivity index is 0.00000484. The number of nitrogens with zero attached hydrogens (tertiary/aromatic N) is 2. The molecule has 0 amide bonds. The fraction of sp³-hybridized carbons (Fsp3) is 0.765. The largest absolute Gasteiger partial charge is 0.359 e. The number of nitrogens with one attached hydrogen (secondary N) is 2. The predicted molar refractivity (Wildman–Crippen MR) is 107 cm³/mol. The summed E-state index contributed by atoms with van der Waals surface area (Å²) in [4.78, 5) is 4.58. The topological polar surface area (TPSA) is 62.5 Å². The molecule has 0 radical (unpaired) electrons. The Morgan fingerprint density at radius 1 is 1.35 bits per heavy atom. The van der Waals surface area contributed by atoms with E-state index in [2.05, 4.69) is 62.3 Å². The van der Waals surface area contributed by atoms with Gasteiger partial charge in [0.1, 0.15) is 6.54 Å². The molecular weight excluding hydrogens is 403 g/mol. The normalized spacial score (nSPS) is 13.4. The summed E-state index contributed by atoms with van der Waals surface area (Å²) in [5.41, 5.74) is 1.34. The Morgan fingerprint density at radius 3 is 2.57 bits per heavy atom. The van der Waals surface area contributed by atoms with E-state index in [0.29, 0.717) is 18.0 Å². The van der Waals surface area contributed by atoms with Gasteiger partial charge in [0.05, 0.1) is 5.69 Å². The van der Waals surface area contributed by atoms with Gasteiger partial charge >= 0.3 is 0 Å². The first-order chi connectivity index (χ1) is 10.3. The SMILES string of the molecule is CCNC(=NCc1cc(CC)no1)NC(C)CCC(C)(C)C.I. The van der Waals surface area contributed by atoms with Crippen LogP contribution >= 0.6 is 24.0 Å². The molecular formula is C17H33IN4O. The monoisotopic (exact) mass is 436 g/mol. The second-order valence-corrected chi connectivity index (χ2v) is 6.98. The van der Waals surface area contributed by atoms with E-state index in [1.807, 2.05) is 6.07 Å². The molecule has 0 bridgehead atoms. The molecule has 0 aliphatic carbocycles. The summed E-state index contributed by atoms with van der Waals surface area (Å²) in [7, 11) is 0. The first kappa shape index (κ1) is 22.2. The summed E-state index contributed by atoms with van der Waals surface area (Å²) in [6.07, 6.45) is 3.19. The molecule has 0 aliphatic heterocycles. The molecule has 0 saturated heterocycles. The highest BCUT2D eigenvalue weighted by Crippen LogP contribution is 2.21. The summed E-state index contributed by atoms with van der Waals surface area (Å²) in [5, 5.41) is 10.7. The molecule has 1 aromatic rings. The van der Waals surface area contributed by atoms with Crippen molar-refractivity contribution < 1.29 is 4.52 Å². The zero-order valence-corrected chi connectivity index (χ0v) is 17.7. The summed E-state index contributed by atoms with van der Waals surface area (Å²) >= 11 is 0. The van der Waals surface area contributed by atoms with E-state index in [1.165, 1.54) is 6.42 Å². The molecule has 6 heteroatoms. The molecule has 0 spiro atoms. The van der Waals surface area contributed by atoms with Crippen molar-refractivity contribution in [1.29, 1.82) is 0 Å². The Hall–Kier alpha value is -0.790. The van der Waals surface area contributed by atoms with Crippen LogP contribution in [0.4, 0.5) is 0 Å². The van der Waals surface area contributed by atoms with Gasteiger partial charge in [-0.25, -0.2) is 4.99 Å². The molecule has 1 rings (SSSR count). The average molecular weight is 436 g/mol. The fourth-order valence-corrected chi connectivity index (χ4v) is 2.03. The predicted octanol–water partition coefficient (Wildman–Crippen LogP) is 4.12. The smallest absolute Gasteiger partial charge is 0.191 e. The van der Waals surface area contributed by atoms with Crippen molar-refractivity contribution in [2.45, 2.75) is 73.4 Å². The molecule has 0 aliphatic rings. The van der Waals surface area contributed by atoms with Crippen LogP contribution in [0.5, 0.6) is 0 Å². The van der Waals surface area contributed by atoms with Gasteiger partial charge in [-0.2, -0.15) is 0 Å². The minimum Gasteiger partial charge on any atom is -0.359 e. The third kappa shape index (κ3) is 9.84. The van der Waals surface area contributed by atoms with Crippen molar-refractivity contribution in [2.24, 2.45) is 10.4 Å². The van der Waals surface area contributed by atoms with Gasteiger partial charge < -0.3 is 15.2 Å². The number of aliphatic imine (C=N–C) groups is 1. The number of guanidine groups is 1.